The lowest BCUT2D eigenvalue weighted by Gasteiger charge is -2.47. The zero-order valence-corrected chi connectivity index (χ0v) is 23.1. The third kappa shape index (κ3) is 5.99. The molecule has 3 amide bonds. The van der Waals surface area contributed by atoms with Gasteiger partial charge in [0.15, 0.2) is 5.78 Å². The lowest BCUT2D eigenvalue weighted by Crippen LogP contribution is -2.64. The summed E-state index contributed by atoms with van der Waals surface area (Å²) in [6, 6.07) is 9.11. The van der Waals surface area contributed by atoms with Crippen LogP contribution in [-0.2, 0) is 9.59 Å². The number of amides is 3. The maximum absolute atomic E-state index is 13.7. The van der Waals surface area contributed by atoms with Crippen LogP contribution >= 0.6 is 22.9 Å². The van der Waals surface area contributed by atoms with Crippen molar-refractivity contribution in [3.8, 4) is 0 Å². The molecule has 1 N–H and O–H groups in total. The minimum atomic E-state index is -0.738. The van der Waals surface area contributed by atoms with Crippen LogP contribution in [0, 0.1) is 5.92 Å². The van der Waals surface area contributed by atoms with Crippen LogP contribution in [0.2, 0.25) is 4.34 Å². The van der Waals surface area contributed by atoms with Gasteiger partial charge in [-0.25, -0.2) is 0 Å². The molecule has 1 aromatic carbocycles. The summed E-state index contributed by atoms with van der Waals surface area (Å²) < 4.78 is 0.525. The van der Waals surface area contributed by atoms with Crippen molar-refractivity contribution in [3.63, 3.8) is 0 Å². The zero-order chi connectivity index (χ0) is 26.9. The Balaban J connectivity index is 1.46. The van der Waals surface area contributed by atoms with Gasteiger partial charge in [0.05, 0.1) is 21.8 Å². The Bertz CT molecular complexity index is 1180. The molecule has 0 radical (unpaired) electrons. The maximum Gasteiger partial charge on any atom is 0.264 e. The van der Waals surface area contributed by atoms with Gasteiger partial charge in [-0.05, 0) is 61.6 Å². The number of Topliss-reactive ketones (excluding diaryl/α,β-unsaturated/α-hetero) is 1. The number of likely N-dealkylation sites (tertiary alicyclic amines) is 2. The molecule has 1 aromatic heterocycles. The van der Waals surface area contributed by atoms with E-state index >= 15 is 0 Å². The predicted molar refractivity (Wildman–Crippen MR) is 145 cm³/mol. The van der Waals surface area contributed by atoms with Gasteiger partial charge in [0.2, 0.25) is 5.91 Å². The smallest absolute Gasteiger partial charge is 0.264 e. The topological polar surface area (TPSA) is 90.0 Å². The maximum atomic E-state index is 13.7. The number of benzene rings is 1. The van der Waals surface area contributed by atoms with Crippen LogP contribution in [0.15, 0.2) is 36.4 Å². The van der Waals surface area contributed by atoms with Crippen LogP contribution in [0.4, 0.5) is 5.69 Å². The molecule has 3 atom stereocenters. The van der Waals surface area contributed by atoms with Crippen LogP contribution in [-0.4, -0.2) is 78.6 Å². The fourth-order valence-corrected chi connectivity index (χ4v) is 6.05. The van der Waals surface area contributed by atoms with E-state index in [4.69, 9.17) is 11.6 Å². The highest BCUT2D eigenvalue weighted by molar-refractivity contribution is 7.18. The Labute approximate surface area is 226 Å². The highest BCUT2D eigenvalue weighted by atomic mass is 35.5. The highest BCUT2D eigenvalue weighted by Gasteiger charge is 2.46. The Hall–Kier alpha value is -2.91. The van der Waals surface area contributed by atoms with Gasteiger partial charge >= 0.3 is 0 Å². The van der Waals surface area contributed by atoms with E-state index in [2.05, 4.69) is 5.32 Å². The van der Waals surface area contributed by atoms with Gasteiger partial charge in [0.1, 0.15) is 6.04 Å². The summed E-state index contributed by atoms with van der Waals surface area (Å²) in [5.41, 5.74) is 1.45. The van der Waals surface area contributed by atoms with Gasteiger partial charge in [0, 0.05) is 37.9 Å². The number of anilines is 1. The van der Waals surface area contributed by atoms with Crippen molar-refractivity contribution < 1.29 is 19.2 Å². The lowest BCUT2D eigenvalue weighted by molar-refractivity contribution is -0.147. The van der Waals surface area contributed by atoms with Crippen LogP contribution in [0.25, 0.3) is 0 Å². The summed E-state index contributed by atoms with van der Waals surface area (Å²) in [6.07, 6.45) is 1.45. The van der Waals surface area contributed by atoms with Gasteiger partial charge in [-0.2, -0.15) is 0 Å². The molecule has 2 bridgehead atoms. The second-order valence-electron chi connectivity index (χ2n) is 10.3. The Morgan fingerprint density at radius 3 is 2.41 bits per heavy atom. The second-order valence-corrected chi connectivity index (χ2v) is 12.0. The van der Waals surface area contributed by atoms with Crippen molar-refractivity contribution in [1.82, 2.24) is 15.1 Å². The van der Waals surface area contributed by atoms with E-state index in [-0.39, 0.29) is 42.0 Å². The zero-order valence-electron chi connectivity index (χ0n) is 21.6. The first-order chi connectivity index (χ1) is 17.5. The van der Waals surface area contributed by atoms with E-state index in [1.807, 2.05) is 45.0 Å². The molecule has 2 saturated heterocycles. The summed E-state index contributed by atoms with van der Waals surface area (Å²) in [4.78, 5) is 58.6. The second kappa shape index (κ2) is 11.2. The highest BCUT2D eigenvalue weighted by Crippen LogP contribution is 2.31. The first-order valence-corrected chi connectivity index (χ1v) is 13.7. The number of rotatable bonds is 7. The molecule has 0 saturated carbocycles. The first kappa shape index (κ1) is 27.1. The molecule has 198 valence electrons. The summed E-state index contributed by atoms with van der Waals surface area (Å²) in [7, 11) is 3.85. The molecule has 2 aromatic rings. The Kier molecular flexibility index (Phi) is 8.23. The van der Waals surface area contributed by atoms with E-state index in [1.54, 1.807) is 34.1 Å². The monoisotopic (exact) mass is 544 g/mol. The average molecular weight is 545 g/mol. The van der Waals surface area contributed by atoms with E-state index in [0.29, 0.717) is 40.6 Å². The minimum Gasteiger partial charge on any atom is -0.378 e. The predicted octanol–water partition coefficient (Wildman–Crippen LogP) is 3.70. The largest absolute Gasteiger partial charge is 0.378 e. The molecule has 37 heavy (non-hydrogen) atoms. The fraction of sp³-hybridized carbons (Fsp3) is 0.481. The van der Waals surface area contributed by atoms with E-state index < -0.39 is 12.1 Å². The van der Waals surface area contributed by atoms with E-state index in [1.165, 1.54) is 11.3 Å². The SMILES string of the molecule is CC(C)C[C@H](NC(=O)c1ccc(N(C)C)cc1)C(=O)N1CC[C@@H]2CC1C(=O)CN2C(=O)c1ccc(Cl)s1. The summed E-state index contributed by atoms with van der Waals surface area (Å²) in [5, 5.41) is 2.92. The third-order valence-corrected chi connectivity index (χ3v) is 8.22. The number of halogens is 1. The van der Waals surface area contributed by atoms with Crippen molar-refractivity contribution in [2.75, 3.05) is 32.1 Å². The molecule has 3 heterocycles. The molecule has 0 spiro atoms. The first-order valence-electron chi connectivity index (χ1n) is 12.5. The van der Waals surface area contributed by atoms with Gasteiger partial charge in [-0.1, -0.05) is 25.4 Å². The number of carbonyl (C=O) groups excluding carboxylic acids is 4. The molecule has 2 aliphatic rings. The number of nitrogens with zero attached hydrogens (tertiary/aromatic N) is 3. The minimum absolute atomic E-state index is 0.0348. The fourth-order valence-electron chi connectivity index (χ4n) is 5.06. The molecule has 2 aliphatic heterocycles. The number of nitrogens with one attached hydrogen (secondary N) is 1. The number of carbonyl (C=O) groups is 4. The number of fused-ring (bicyclic) bond motifs is 2. The van der Waals surface area contributed by atoms with E-state index in [9.17, 15) is 19.2 Å². The number of ketones is 1. The van der Waals surface area contributed by atoms with E-state index in [0.717, 1.165) is 5.69 Å². The summed E-state index contributed by atoms with van der Waals surface area (Å²) >= 11 is 7.19. The van der Waals surface area contributed by atoms with Crippen LogP contribution in [0.5, 0.6) is 0 Å². The van der Waals surface area contributed by atoms with Crippen molar-refractivity contribution >= 4 is 52.1 Å². The molecule has 4 rings (SSSR count). The quantitative estimate of drug-likeness (QED) is 0.574. The normalized spacial score (nSPS) is 20.1. The molecular weight excluding hydrogens is 512 g/mol. The van der Waals surface area contributed by atoms with Crippen LogP contribution in [0.3, 0.4) is 0 Å². The van der Waals surface area contributed by atoms with Gasteiger partial charge < -0.3 is 20.0 Å². The molecule has 1 unspecified atom stereocenters. The number of hydrogen-bond donors (Lipinski definition) is 1. The van der Waals surface area contributed by atoms with Crippen molar-refractivity contribution in [3.05, 3.63) is 51.2 Å². The van der Waals surface area contributed by atoms with Crippen LogP contribution < -0.4 is 10.2 Å². The van der Waals surface area contributed by atoms with Crippen molar-refractivity contribution in [1.29, 1.82) is 0 Å². The molecule has 8 nitrogen and oxygen atoms in total. The lowest BCUT2D eigenvalue weighted by atomic mass is 9.87. The number of thiophene rings is 1. The number of hydrogen-bond acceptors (Lipinski definition) is 6. The third-order valence-electron chi connectivity index (χ3n) is 7.00. The summed E-state index contributed by atoms with van der Waals surface area (Å²) in [5.74, 6) is -0.752. The Morgan fingerprint density at radius 2 is 1.81 bits per heavy atom. The molecule has 2 fully saturated rings. The summed E-state index contributed by atoms with van der Waals surface area (Å²) in [6.45, 7) is 4.32. The van der Waals surface area contributed by atoms with Crippen molar-refractivity contribution in [2.24, 2.45) is 5.92 Å². The number of piperidine rings is 2. The van der Waals surface area contributed by atoms with Gasteiger partial charge in [-0.3, -0.25) is 19.2 Å². The van der Waals surface area contributed by atoms with Gasteiger partial charge in [-0.15, -0.1) is 11.3 Å². The van der Waals surface area contributed by atoms with Gasteiger partial charge in [0.25, 0.3) is 11.8 Å². The molecule has 0 aliphatic carbocycles. The molecular formula is C27H33ClN4O4S. The van der Waals surface area contributed by atoms with Crippen molar-refractivity contribution in [2.45, 2.75) is 51.2 Å². The Morgan fingerprint density at radius 1 is 1.11 bits per heavy atom. The average Bonchev–Trinajstić information content (AvgIpc) is 3.31. The standard InChI is InChI=1S/C27H33ClN4O4S/c1-16(2)13-20(29-25(34)17-5-7-18(8-6-17)30(3)4)26(35)31-12-11-19-14-21(31)22(33)15-32(19)27(36)23-9-10-24(28)37-23/h5-10,16,19-21H,11-15H2,1-4H3,(H,29,34)/t19-,20+,21?/m1/s1. The van der Waals surface area contributed by atoms with Crippen LogP contribution in [0.1, 0.15) is 53.1 Å². The molecule has 10 heteroatoms.